The van der Waals surface area contributed by atoms with Gasteiger partial charge in [-0.2, -0.15) is 0 Å². The Morgan fingerprint density at radius 1 is 1.00 bits per heavy atom. The molecule has 2 atom stereocenters. The number of nitrogens with one attached hydrogen (secondary N) is 2. The SMILES string of the molecule is CCc1ccc(N2C(=O)Nc3ccccc3C2(O)C(=O)NC(C)CCc2ccccc2)cc1. The molecule has 0 bridgehead atoms. The highest BCUT2D eigenvalue weighted by Gasteiger charge is 2.52. The summed E-state index contributed by atoms with van der Waals surface area (Å²) >= 11 is 0. The molecule has 3 aromatic carbocycles. The van der Waals surface area contributed by atoms with Gasteiger partial charge in [0.25, 0.3) is 11.6 Å². The second-order valence-electron chi connectivity index (χ2n) is 8.40. The summed E-state index contributed by atoms with van der Waals surface area (Å²) in [6.45, 7) is 3.94. The maximum atomic E-state index is 13.6. The van der Waals surface area contributed by atoms with E-state index in [1.54, 1.807) is 36.4 Å². The summed E-state index contributed by atoms with van der Waals surface area (Å²) in [6, 6.07) is 23.4. The number of benzene rings is 3. The molecule has 0 saturated heterocycles. The highest BCUT2D eigenvalue weighted by atomic mass is 16.3. The van der Waals surface area contributed by atoms with E-state index >= 15 is 0 Å². The zero-order valence-electron chi connectivity index (χ0n) is 18.9. The maximum absolute atomic E-state index is 13.6. The molecule has 3 N–H and O–H groups in total. The van der Waals surface area contributed by atoms with E-state index in [9.17, 15) is 14.7 Å². The summed E-state index contributed by atoms with van der Waals surface area (Å²) in [7, 11) is 0. The summed E-state index contributed by atoms with van der Waals surface area (Å²) in [5.41, 5.74) is 1.27. The number of hydrogen-bond donors (Lipinski definition) is 3. The summed E-state index contributed by atoms with van der Waals surface area (Å²) < 4.78 is 0. The van der Waals surface area contributed by atoms with Gasteiger partial charge in [0.1, 0.15) is 0 Å². The fourth-order valence-electron chi connectivity index (χ4n) is 4.17. The summed E-state index contributed by atoms with van der Waals surface area (Å²) in [5.74, 6) is -0.634. The molecule has 0 spiro atoms. The second kappa shape index (κ2) is 9.46. The van der Waals surface area contributed by atoms with Crippen LogP contribution in [-0.2, 0) is 23.4 Å². The molecule has 170 valence electrons. The lowest BCUT2D eigenvalue weighted by Crippen LogP contribution is -2.63. The lowest BCUT2D eigenvalue weighted by molar-refractivity contribution is -0.141. The number of anilines is 2. The summed E-state index contributed by atoms with van der Waals surface area (Å²) in [5, 5.41) is 17.6. The minimum absolute atomic E-state index is 0.205. The van der Waals surface area contributed by atoms with Crippen LogP contribution < -0.4 is 15.5 Å². The molecular weight excluding hydrogens is 414 g/mol. The lowest BCUT2D eigenvalue weighted by atomic mass is 9.94. The van der Waals surface area contributed by atoms with Crippen molar-refractivity contribution in [1.29, 1.82) is 0 Å². The van der Waals surface area contributed by atoms with Gasteiger partial charge >= 0.3 is 6.03 Å². The van der Waals surface area contributed by atoms with Crippen LogP contribution in [-0.4, -0.2) is 23.1 Å². The predicted molar refractivity (Wildman–Crippen MR) is 130 cm³/mol. The van der Waals surface area contributed by atoms with Crippen LogP contribution >= 0.6 is 0 Å². The molecule has 0 radical (unpaired) electrons. The first kappa shape index (κ1) is 22.6. The van der Waals surface area contributed by atoms with Crippen molar-refractivity contribution in [1.82, 2.24) is 5.32 Å². The van der Waals surface area contributed by atoms with E-state index in [0.717, 1.165) is 23.3 Å². The Labute approximate surface area is 194 Å². The highest BCUT2D eigenvalue weighted by Crippen LogP contribution is 2.39. The van der Waals surface area contributed by atoms with E-state index in [-0.39, 0.29) is 6.04 Å². The van der Waals surface area contributed by atoms with E-state index in [2.05, 4.69) is 10.6 Å². The molecule has 6 heteroatoms. The zero-order valence-corrected chi connectivity index (χ0v) is 18.9. The van der Waals surface area contributed by atoms with Gasteiger partial charge in [-0.15, -0.1) is 0 Å². The predicted octanol–water partition coefficient (Wildman–Crippen LogP) is 4.58. The quantitative estimate of drug-likeness (QED) is 0.500. The summed E-state index contributed by atoms with van der Waals surface area (Å²) in [4.78, 5) is 27.8. The Hall–Kier alpha value is -3.64. The number of aliphatic hydroxyl groups is 1. The van der Waals surface area contributed by atoms with Gasteiger partial charge in [-0.25, -0.2) is 4.79 Å². The van der Waals surface area contributed by atoms with Crippen LogP contribution in [0.4, 0.5) is 16.2 Å². The Kier molecular flexibility index (Phi) is 6.47. The Morgan fingerprint density at radius 2 is 1.67 bits per heavy atom. The van der Waals surface area contributed by atoms with Gasteiger partial charge in [0.05, 0.1) is 5.69 Å². The van der Waals surface area contributed by atoms with Crippen molar-refractivity contribution in [2.75, 3.05) is 10.2 Å². The monoisotopic (exact) mass is 443 g/mol. The van der Waals surface area contributed by atoms with Crippen molar-refractivity contribution in [3.8, 4) is 0 Å². The van der Waals surface area contributed by atoms with Gasteiger partial charge in [0, 0.05) is 17.3 Å². The van der Waals surface area contributed by atoms with E-state index in [1.807, 2.05) is 56.3 Å². The molecule has 0 aliphatic carbocycles. The molecule has 0 fully saturated rings. The Bertz CT molecular complexity index is 1130. The zero-order chi connectivity index (χ0) is 23.4. The van der Waals surface area contributed by atoms with Gasteiger partial charge in [-0.05, 0) is 55.5 Å². The number of hydrogen-bond acceptors (Lipinski definition) is 3. The standard InChI is InChI=1S/C27H29N3O3/c1-3-20-15-17-22(18-16-20)30-26(32)29-24-12-8-7-11-23(24)27(30,33)25(31)28-19(2)13-14-21-9-5-4-6-10-21/h4-12,15-19,33H,3,13-14H2,1-2H3,(H,28,31)(H,29,32). The number of nitrogens with zero attached hydrogens (tertiary/aromatic N) is 1. The number of carbonyl (C=O) groups is 2. The van der Waals surface area contributed by atoms with Crippen molar-refractivity contribution in [3.05, 3.63) is 95.6 Å². The molecule has 2 unspecified atom stereocenters. The van der Waals surface area contributed by atoms with E-state index in [4.69, 9.17) is 0 Å². The molecule has 0 saturated carbocycles. The number of aryl methyl sites for hydroxylation is 2. The number of amides is 3. The molecule has 1 aliphatic heterocycles. The number of urea groups is 1. The van der Waals surface area contributed by atoms with Crippen molar-refractivity contribution >= 4 is 23.3 Å². The average molecular weight is 444 g/mol. The third-order valence-electron chi connectivity index (χ3n) is 6.08. The van der Waals surface area contributed by atoms with Gasteiger partial charge in [-0.3, -0.25) is 9.69 Å². The normalized spacial score (nSPS) is 18.3. The van der Waals surface area contributed by atoms with Crippen LogP contribution in [0.3, 0.4) is 0 Å². The molecule has 1 heterocycles. The second-order valence-corrected chi connectivity index (χ2v) is 8.40. The largest absolute Gasteiger partial charge is 0.359 e. The number of carbonyl (C=O) groups excluding carboxylic acids is 2. The number of fused-ring (bicyclic) bond motifs is 1. The van der Waals surface area contributed by atoms with E-state index in [0.29, 0.717) is 23.4 Å². The number of rotatable bonds is 7. The van der Waals surface area contributed by atoms with Gasteiger partial charge in [-0.1, -0.05) is 67.6 Å². The minimum atomic E-state index is -2.19. The van der Waals surface area contributed by atoms with Crippen LogP contribution in [0.5, 0.6) is 0 Å². The molecule has 0 aromatic heterocycles. The smallest absolute Gasteiger partial charge is 0.329 e. The van der Waals surface area contributed by atoms with E-state index < -0.39 is 17.7 Å². The maximum Gasteiger partial charge on any atom is 0.329 e. The minimum Gasteiger partial charge on any atom is -0.359 e. The Balaban J connectivity index is 1.64. The highest BCUT2D eigenvalue weighted by molar-refractivity contribution is 6.11. The molecule has 4 rings (SSSR count). The van der Waals surface area contributed by atoms with Crippen LogP contribution in [0, 0.1) is 0 Å². The topological polar surface area (TPSA) is 81.7 Å². The van der Waals surface area contributed by atoms with Crippen molar-refractivity contribution in [2.24, 2.45) is 0 Å². The van der Waals surface area contributed by atoms with Crippen LogP contribution in [0.25, 0.3) is 0 Å². The van der Waals surface area contributed by atoms with Crippen molar-refractivity contribution < 1.29 is 14.7 Å². The van der Waals surface area contributed by atoms with Crippen molar-refractivity contribution in [2.45, 2.75) is 44.9 Å². The molecule has 6 nitrogen and oxygen atoms in total. The van der Waals surface area contributed by atoms with Gasteiger partial charge < -0.3 is 15.7 Å². The third-order valence-corrected chi connectivity index (χ3v) is 6.08. The van der Waals surface area contributed by atoms with Crippen LogP contribution in [0.1, 0.15) is 37.0 Å². The Morgan fingerprint density at radius 3 is 2.36 bits per heavy atom. The lowest BCUT2D eigenvalue weighted by Gasteiger charge is -2.43. The van der Waals surface area contributed by atoms with Gasteiger partial charge in [0.2, 0.25) is 0 Å². The van der Waals surface area contributed by atoms with E-state index in [1.165, 1.54) is 5.56 Å². The first-order chi connectivity index (χ1) is 15.9. The van der Waals surface area contributed by atoms with Crippen LogP contribution in [0.15, 0.2) is 78.9 Å². The first-order valence-corrected chi connectivity index (χ1v) is 11.3. The fraction of sp³-hybridized carbons (Fsp3) is 0.259. The summed E-state index contributed by atoms with van der Waals surface area (Å²) in [6.07, 6.45) is 2.34. The van der Waals surface area contributed by atoms with Crippen LogP contribution in [0.2, 0.25) is 0 Å². The van der Waals surface area contributed by atoms with Crippen molar-refractivity contribution in [3.63, 3.8) is 0 Å². The fourth-order valence-corrected chi connectivity index (χ4v) is 4.17. The first-order valence-electron chi connectivity index (χ1n) is 11.3. The third kappa shape index (κ3) is 4.47. The molecular formula is C27H29N3O3. The van der Waals surface area contributed by atoms with Gasteiger partial charge in [0.15, 0.2) is 0 Å². The molecule has 3 amide bonds. The average Bonchev–Trinajstić information content (AvgIpc) is 2.83. The molecule has 3 aromatic rings. The molecule has 1 aliphatic rings. The molecule has 33 heavy (non-hydrogen) atoms. The number of para-hydroxylation sites is 1.